The van der Waals surface area contributed by atoms with Gasteiger partial charge in [-0.2, -0.15) is 0 Å². The maximum absolute atomic E-state index is 10.5. The predicted molar refractivity (Wildman–Crippen MR) is 57.5 cm³/mol. The van der Waals surface area contributed by atoms with E-state index in [0.29, 0.717) is 0 Å². The quantitative estimate of drug-likeness (QED) is 0.220. The predicted octanol–water partition coefficient (Wildman–Crippen LogP) is 1.74. The monoisotopic (exact) mass is 234 g/mol. The lowest BCUT2D eigenvalue weighted by Crippen LogP contribution is -1.99. The van der Waals surface area contributed by atoms with Crippen molar-refractivity contribution in [3.8, 4) is 0 Å². The van der Waals surface area contributed by atoms with Crippen molar-refractivity contribution in [2.45, 2.75) is 0 Å². The Morgan fingerprint density at radius 3 is 1.64 bits per heavy atom. The van der Waals surface area contributed by atoms with E-state index in [1.807, 2.05) is 0 Å². The molecule has 0 aliphatic carbocycles. The SMILES string of the molecule is C=CC(=O)OCSSCOC(=O)C=C. The van der Waals surface area contributed by atoms with Crippen LogP contribution < -0.4 is 0 Å². The first-order valence-electron chi connectivity index (χ1n) is 3.53. The van der Waals surface area contributed by atoms with Crippen LogP contribution in [-0.4, -0.2) is 23.8 Å². The van der Waals surface area contributed by atoms with Gasteiger partial charge in [0.15, 0.2) is 0 Å². The van der Waals surface area contributed by atoms with Crippen LogP contribution in [0.15, 0.2) is 25.3 Å². The third-order valence-electron chi connectivity index (χ3n) is 0.915. The lowest BCUT2D eigenvalue weighted by molar-refractivity contribution is -0.136. The summed E-state index contributed by atoms with van der Waals surface area (Å²) in [5.41, 5.74) is 0. The fourth-order valence-corrected chi connectivity index (χ4v) is 1.51. The van der Waals surface area contributed by atoms with E-state index in [1.165, 1.54) is 21.6 Å². The van der Waals surface area contributed by atoms with Crippen molar-refractivity contribution in [1.82, 2.24) is 0 Å². The van der Waals surface area contributed by atoms with Gasteiger partial charge in [0.05, 0.1) is 0 Å². The Kier molecular flexibility index (Phi) is 8.16. The average Bonchev–Trinajstić information content (AvgIpc) is 2.22. The molecule has 0 saturated heterocycles. The van der Waals surface area contributed by atoms with Crippen LogP contribution in [0.1, 0.15) is 0 Å². The van der Waals surface area contributed by atoms with Crippen molar-refractivity contribution in [3.63, 3.8) is 0 Å². The number of esters is 2. The zero-order chi connectivity index (χ0) is 10.8. The Balaban J connectivity index is 3.21. The first-order valence-corrected chi connectivity index (χ1v) is 6.02. The first-order chi connectivity index (χ1) is 6.70. The van der Waals surface area contributed by atoms with Gasteiger partial charge in [0.25, 0.3) is 0 Å². The maximum atomic E-state index is 10.5. The van der Waals surface area contributed by atoms with Crippen LogP contribution in [-0.2, 0) is 19.1 Å². The fourth-order valence-electron chi connectivity index (χ4n) is 0.350. The van der Waals surface area contributed by atoms with Gasteiger partial charge in [-0.15, -0.1) is 0 Å². The summed E-state index contributed by atoms with van der Waals surface area (Å²) in [5.74, 6) is -0.551. The number of ether oxygens (including phenoxy) is 2. The summed E-state index contributed by atoms with van der Waals surface area (Å²) in [7, 11) is 2.53. The van der Waals surface area contributed by atoms with Gasteiger partial charge in [-0.25, -0.2) is 9.59 Å². The summed E-state index contributed by atoms with van der Waals surface area (Å²) in [4.78, 5) is 21.1. The van der Waals surface area contributed by atoms with E-state index in [1.54, 1.807) is 0 Å². The van der Waals surface area contributed by atoms with Crippen LogP contribution >= 0.6 is 21.6 Å². The molecule has 0 aromatic heterocycles. The Morgan fingerprint density at radius 2 is 1.36 bits per heavy atom. The molecule has 0 bridgehead atoms. The first kappa shape index (κ1) is 13.1. The molecule has 0 amide bonds. The highest BCUT2D eigenvalue weighted by atomic mass is 33.1. The molecule has 0 N–H and O–H groups in total. The molecule has 0 unspecified atom stereocenters. The van der Waals surface area contributed by atoms with Crippen molar-refractivity contribution in [2.75, 3.05) is 11.9 Å². The van der Waals surface area contributed by atoms with E-state index in [9.17, 15) is 9.59 Å². The number of rotatable bonds is 7. The molecule has 0 fully saturated rings. The Hall–Kier alpha value is -0.880. The summed E-state index contributed by atoms with van der Waals surface area (Å²) >= 11 is 0. The van der Waals surface area contributed by atoms with Gasteiger partial charge in [-0.05, 0) is 21.6 Å². The molecule has 78 valence electrons. The minimum Gasteiger partial charge on any atom is -0.451 e. The third-order valence-corrected chi connectivity index (χ3v) is 2.59. The van der Waals surface area contributed by atoms with Crippen LogP contribution in [0, 0.1) is 0 Å². The molecule has 0 rings (SSSR count). The van der Waals surface area contributed by atoms with Gasteiger partial charge in [0, 0.05) is 12.2 Å². The van der Waals surface area contributed by atoms with E-state index >= 15 is 0 Å². The van der Waals surface area contributed by atoms with Gasteiger partial charge >= 0.3 is 11.9 Å². The van der Waals surface area contributed by atoms with Crippen LogP contribution in [0.5, 0.6) is 0 Å². The van der Waals surface area contributed by atoms with E-state index < -0.39 is 11.9 Å². The van der Waals surface area contributed by atoms with Crippen molar-refractivity contribution in [2.24, 2.45) is 0 Å². The van der Waals surface area contributed by atoms with E-state index in [4.69, 9.17) is 0 Å². The molecular weight excluding hydrogens is 224 g/mol. The number of hydrogen-bond donors (Lipinski definition) is 0. The van der Waals surface area contributed by atoms with Crippen molar-refractivity contribution >= 4 is 33.5 Å². The van der Waals surface area contributed by atoms with Gasteiger partial charge in [0.1, 0.15) is 11.9 Å². The molecule has 4 nitrogen and oxygen atoms in total. The van der Waals surface area contributed by atoms with Crippen molar-refractivity contribution < 1.29 is 19.1 Å². The summed E-state index contributed by atoms with van der Waals surface area (Å²) in [6.07, 6.45) is 2.17. The molecular formula is C8H10O4S2. The van der Waals surface area contributed by atoms with Crippen LogP contribution in [0.25, 0.3) is 0 Å². The van der Waals surface area contributed by atoms with Gasteiger partial charge < -0.3 is 9.47 Å². The van der Waals surface area contributed by atoms with Gasteiger partial charge in [-0.1, -0.05) is 13.2 Å². The average molecular weight is 234 g/mol. The summed E-state index contributed by atoms with van der Waals surface area (Å²) in [6.45, 7) is 6.48. The van der Waals surface area contributed by atoms with Crippen LogP contribution in [0.3, 0.4) is 0 Å². The molecule has 0 atom stereocenters. The lowest BCUT2D eigenvalue weighted by Gasteiger charge is -2.01. The van der Waals surface area contributed by atoms with Crippen molar-refractivity contribution in [1.29, 1.82) is 0 Å². The Bertz CT molecular complexity index is 203. The largest absolute Gasteiger partial charge is 0.451 e. The highest BCUT2D eigenvalue weighted by molar-refractivity contribution is 8.76. The summed E-state index contributed by atoms with van der Waals surface area (Å²) in [6, 6.07) is 0. The summed E-state index contributed by atoms with van der Waals surface area (Å²) < 4.78 is 9.30. The third kappa shape index (κ3) is 7.75. The second-order valence-corrected chi connectivity index (χ2v) is 4.16. The van der Waals surface area contributed by atoms with Gasteiger partial charge in [-0.3, -0.25) is 0 Å². The van der Waals surface area contributed by atoms with Gasteiger partial charge in [0.2, 0.25) is 0 Å². The normalized spacial score (nSPS) is 8.86. The Morgan fingerprint density at radius 1 is 1.00 bits per heavy atom. The van der Waals surface area contributed by atoms with Crippen LogP contribution in [0.2, 0.25) is 0 Å². The van der Waals surface area contributed by atoms with E-state index in [2.05, 4.69) is 22.6 Å². The second kappa shape index (κ2) is 8.71. The Labute approximate surface area is 90.1 Å². The number of carbonyl (C=O) groups is 2. The molecule has 0 radical (unpaired) electrons. The summed E-state index contributed by atoms with van der Waals surface area (Å²) in [5, 5.41) is 0. The minimum atomic E-state index is -0.471. The molecule has 6 heteroatoms. The molecule has 0 aromatic rings. The minimum absolute atomic E-state index is 0.196. The number of hydrogen-bond acceptors (Lipinski definition) is 6. The molecule has 0 aromatic carbocycles. The smallest absolute Gasteiger partial charge is 0.331 e. The molecule has 0 saturated carbocycles. The molecule has 0 heterocycles. The second-order valence-electron chi connectivity index (χ2n) is 1.81. The maximum Gasteiger partial charge on any atom is 0.331 e. The topological polar surface area (TPSA) is 52.6 Å². The van der Waals surface area contributed by atoms with Crippen LogP contribution in [0.4, 0.5) is 0 Å². The molecule has 0 aliphatic heterocycles. The van der Waals surface area contributed by atoms with Crippen molar-refractivity contribution in [3.05, 3.63) is 25.3 Å². The molecule has 0 aliphatic rings. The molecule has 0 spiro atoms. The standard InChI is InChI=1S/C8H10O4S2/c1-3-7(9)11-5-13-14-6-12-8(10)4-2/h3-4H,1-2,5-6H2. The highest BCUT2D eigenvalue weighted by Gasteiger charge is 1.97. The zero-order valence-electron chi connectivity index (χ0n) is 7.43. The zero-order valence-corrected chi connectivity index (χ0v) is 9.07. The van der Waals surface area contributed by atoms with E-state index in [-0.39, 0.29) is 11.9 Å². The number of carbonyl (C=O) groups excluding carboxylic acids is 2. The fraction of sp³-hybridized carbons (Fsp3) is 0.250. The lowest BCUT2D eigenvalue weighted by atomic mass is 10.7. The molecule has 14 heavy (non-hydrogen) atoms. The van der Waals surface area contributed by atoms with E-state index in [0.717, 1.165) is 12.2 Å². The highest BCUT2D eigenvalue weighted by Crippen LogP contribution is 2.20.